The zero-order valence-electron chi connectivity index (χ0n) is 5.57. The summed E-state index contributed by atoms with van der Waals surface area (Å²) in [5.74, 6) is 0. The highest BCUT2D eigenvalue weighted by Gasteiger charge is 2.21. The van der Waals surface area contributed by atoms with Gasteiger partial charge in [-0.2, -0.15) is 0 Å². The smallest absolute Gasteiger partial charge is 0.224 e. The van der Waals surface area contributed by atoms with Crippen LogP contribution in [0.2, 0.25) is 0 Å². The number of rotatable bonds is 1. The lowest BCUT2D eigenvalue weighted by molar-refractivity contribution is 0.605. The fraction of sp³-hybridized carbons (Fsp3) is 0.600. The average Bonchev–Trinajstić information content (AvgIpc) is 2.11. The van der Waals surface area contributed by atoms with Gasteiger partial charge in [0.15, 0.2) is 0 Å². The molecule has 2 N–H and O–H groups in total. The molecule has 0 fully saturated rings. The van der Waals surface area contributed by atoms with E-state index in [1.54, 1.807) is 6.08 Å². The van der Waals surface area contributed by atoms with Crippen molar-refractivity contribution in [2.75, 3.05) is 0 Å². The van der Waals surface area contributed by atoms with Crippen LogP contribution in [0.1, 0.15) is 13.3 Å². The van der Waals surface area contributed by atoms with Crippen LogP contribution < -0.4 is 5.14 Å². The van der Waals surface area contributed by atoms with Crippen molar-refractivity contribution in [1.82, 2.24) is 0 Å². The van der Waals surface area contributed by atoms with Gasteiger partial charge in [-0.3, -0.25) is 0 Å². The highest BCUT2D eigenvalue weighted by molar-refractivity contribution is 8.18. The summed E-state index contributed by atoms with van der Waals surface area (Å²) >= 11 is 1.32. The van der Waals surface area contributed by atoms with E-state index in [4.69, 9.17) is 5.14 Å². The zero-order valence-corrected chi connectivity index (χ0v) is 7.21. The molecule has 0 aromatic carbocycles. The van der Waals surface area contributed by atoms with Gasteiger partial charge < -0.3 is 0 Å². The summed E-state index contributed by atoms with van der Waals surface area (Å²) in [7, 11) is -3.41. The number of hydrogen-bond acceptors (Lipinski definition) is 3. The molecule has 1 unspecified atom stereocenters. The van der Waals surface area contributed by atoms with Crippen molar-refractivity contribution in [2.24, 2.45) is 5.14 Å². The number of thioether (sulfide) groups is 1. The topological polar surface area (TPSA) is 60.2 Å². The third-order valence-electron chi connectivity index (χ3n) is 1.21. The Morgan fingerprint density at radius 3 is 2.60 bits per heavy atom. The molecule has 5 heteroatoms. The van der Waals surface area contributed by atoms with Gasteiger partial charge in [0.1, 0.15) is 4.24 Å². The van der Waals surface area contributed by atoms with Crippen molar-refractivity contribution in [1.29, 1.82) is 0 Å². The van der Waals surface area contributed by atoms with E-state index in [1.807, 2.05) is 6.92 Å². The zero-order chi connectivity index (χ0) is 7.78. The predicted molar refractivity (Wildman–Crippen MR) is 42.9 cm³/mol. The van der Waals surface area contributed by atoms with Crippen LogP contribution in [-0.2, 0) is 10.0 Å². The number of hydrogen-bond donors (Lipinski definition) is 1. The van der Waals surface area contributed by atoms with Gasteiger partial charge in [0.05, 0.1) is 0 Å². The van der Waals surface area contributed by atoms with Crippen LogP contribution in [0, 0.1) is 0 Å². The number of nitrogens with two attached hydrogens (primary N) is 1. The van der Waals surface area contributed by atoms with Crippen LogP contribution >= 0.6 is 11.8 Å². The first-order valence-electron chi connectivity index (χ1n) is 2.90. The number of allylic oxidation sites excluding steroid dienone is 1. The van der Waals surface area contributed by atoms with Crippen molar-refractivity contribution in [3.63, 3.8) is 0 Å². The van der Waals surface area contributed by atoms with Gasteiger partial charge >= 0.3 is 0 Å². The first kappa shape index (κ1) is 8.10. The van der Waals surface area contributed by atoms with E-state index in [9.17, 15) is 8.42 Å². The van der Waals surface area contributed by atoms with Crippen molar-refractivity contribution in [3.05, 3.63) is 10.3 Å². The second-order valence-corrected chi connectivity index (χ2v) is 5.50. The second-order valence-electron chi connectivity index (χ2n) is 2.23. The Kier molecular flexibility index (Phi) is 2.07. The Hall–Kier alpha value is -0.000000000000000111. The van der Waals surface area contributed by atoms with Gasteiger partial charge in [0.25, 0.3) is 0 Å². The monoisotopic (exact) mass is 179 g/mol. The van der Waals surface area contributed by atoms with Crippen molar-refractivity contribution in [2.45, 2.75) is 18.6 Å². The molecule has 0 aliphatic carbocycles. The van der Waals surface area contributed by atoms with Gasteiger partial charge in [-0.15, -0.1) is 11.8 Å². The second kappa shape index (κ2) is 2.56. The lowest BCUT2D eigenvalue weighted by atomic mass is 10.3. The van der Waals surface area contributed by atoms with Gasteiger partial charge in [-0.1, -0.05) is 13.0 Å². The Balaban J connectivity index is 2.80. The Labute approximate surface area is 64.7 Å². The predicted octanol–water partition coefficient (Wildman–Crippen LogP) is 0.642. The minimum atomic E-state index is -3.41. The first-order chi connectivity index (χ1) is 4.50. The summed E-state index contributed by atoms with van der Waals surface area (Å²) in [6, 6.07) is 0. The summed E-state index contributed by atoms with van der Waals surface area (Å²) in [5.41, 5.74) is 0. The van der Waals surface area contributed by atoms with E-state index in [0.717, 1.165) is 6.42 Å². The summed E-state index contributed by atoms with van der Waals surface area (Å²) in [6.07, 6.45) is 2.47. The van der Waals surface area contributed by atoms with E-state index < -0.39 is 10.0 Å². The normalized spacial score (nSPS) is 26.6. The molecule has 0 spiro atoms. The Morgan fingerprint density at radius 1 is 1.80 bits per heavy atom. The highest BCUT2D eigenvalue weighted by Crippen LogP contribution is 2.33. The fourth-order valence-corrected chi connectivity index (χ4v) is 2.88. The SMILES string of the molecule is CC1CC=C(S(N)(=O)=O)S1. The Morgan fingerprint density at radius 2 is 2.40 bits per heavy atom. The van der Waals surface area contributed by atoms with Crippen LogP contribution in [0.25, 0.3) is 0 Å². The molecule has 1 atom stereocenters. The molecule has 0 bridgehead atoms. The molecule has 0 aromatic heterocycles. The van der Waals surface area contributed by atoms with Crippen LogP contribution in [0.3, 0.4) is 0 Å². The molecule has 3 nitrogen and oxygen atoms in total. The van der Waals surface area contributed by atoms with Crippen LogP contribution in [0.15, 0.2) is 10.3 Å². The molecule has 0 saturated carbocycles. The fourth-order valence-electron chi connectivity index (χ4n) is 0.740. The third-order valence-corrected chi connectivity index (χ3v) is 3.92. The van der Waals surface area contributed by atoms with E-state index in [2.05, 4.69) is 0 Å². The summed E-state index contributed by atoms with van der Waals surface area (Å²) in [6.45, 7) is 1.97. The third kappa shape index (κ3) is 1.74. The van der Waals surface area contributed by atoms with Gasteiger partial charge in [0, 0.05) is 5.25 Å². The maximum atomic E-state index is 10.7. The minimum Gasteiger partial charge on any atom is -0.224 e. The molecule has 0 saturated heterocycles. The molecular formula is C5H9NO2S2. The average molecular weight is 179 g/mol. The van der Waals surface area contributed by atoms with Crippen molar-refractivity contribution < 1.29 is 8.42 Å². The molecule has 0 amide bonds. The molecule has 0 radical (unpaired) electrons. The maximum absolute atomic E-state index is 10.7. The lowest BCUT2D eigenvalue weighted by Crippen LogP contribution is -2.11. The van der Waals surface area contributed by atoms with E-state index >= 15 is 0 Å². The molecular weight excluding hydrogens is 170 g/mol. The van der Waals surface area contributed by atoms with Crippen molar-refractivity contribution in [3.8, 4) is 0 Å². The molecule has 58 valence electrons. The molecule has 1 heterocycles. The quantitative estimate of drug-likeness (QED) is 0.642. The van der Waals surface area contributed by atoms with Gasteiger partial charge in [-0.05, 0) is 6.42 Å². The van der Waals surface area contributed by atoms with Crippen LogP contribution in [0.5, 0.6) is 0 Å². The molecule has 1 aliphatic rings. The van der Waals surface area contributed by atoms with Crippen LogP contribution in [0.4, 0.5) is 0 Å². The number of primary sulfonamides is 1. The van der Waals surface area contributed by atoms with E-state index in [-0.39, 0.29) is 0 Å². The molecule has 1 rings (SSSR count). The molecule has 1 aliphatic heterocycles. The largest absolute Gasteiger partial charge is 0.243 e. The Bertz CT molecular complexity index is 255. The first-order valence-corrected chi connectivity index (χ1v) is 5.32. The van der Waals surface area contributed by atoms with Crippen LogP contribution in [-0.4, -0.2) is 13.7 Å². The molecule has 10 heavy (non-hydrogen) atoms. The standard InChI is InChI=1S/C5H9NO2S2/c1-4-2-3-5(9-4)10(6,7)8/h3-4H,2H2,1H3,(H2,6,7,8). The number of sulfonamides is 1. The van der Waals surface area contributed by atoms with Gasteiger partial charge in [-0.25, -0.2) is 13.6 Å². The van der Waals surface area contributed by atoms with Gasteiger partial charge in [0.2, 0.25) is 10.0 Å². The minimum absolute atomic E-state index is 0.319. The summed E-state index contributed by atoms with van der Waals surface area (Å²) < 4.78 is 21.7. The molecule has 0 aromatic rings. The lowest BCUT2D eigenvalue weighted by Gasteiger charge is -1.99. The summed E-state index contributed by atoms with van der Waals surface area (Å²) in [5, 5.41) is 5.24. The van der Waals surface area contributed by atoms with Crippen molar-refractivity contribution >= 4 is 21.8 Å². The van der Waals surface area contributed by atoms with E-state index in [0.29, 0.717) is 9.49 Å². The summed E-state index contributed by atoms with van der Waals surface area (Å²) in [4.78, 5) is 0. The van der Waals surface area contributed by atoms with E-state index in [1.165, 1.54) is 11.8 Å². The highest BCUT2D eigenvalue weighted by atomic mass is 32.3. The maximum Gasteiger partial charge on any atom is 0.243 e.